The minimum atomic E-state index is -4.67. The monoisotopic (exact) mass is 348 g/mol. The van der Waals surface area contributed by atoms with E-state index in [4.69, 9.17) is 22.6 Å². The van der Waals surface area contributed by atoms with E-state index in [2.05, 4.69) is 0 Å². The molecule has 0 spiro atoms. The van der Waals surface area contributed by atoms with Crippen LogP contribution in [0.3, 0.4) is 0 Å². The molecule has 2 aromatic carbocycles. The number of hydrogen-bond acceptors (Lipinski definition) is 4. The van der Waals surface area contributed by atoms with Crippen LogP contribution < -0.4 is 0 Å². The molecule has 0 radical (unpaired) electrons. The summed E-state index contributed by atoms with van der Waals surface area (Å²) in [5.41, 5.74) is -0.0159. The maximum absolute atomic E-state index is 13.5. The van der Waals surface area contributed by atoms with Crippen molar-refractivity contribution in [3.63, 3.8) is 0 Å². The lowest BCUT2D eigenvalue weighted by Crippen LogP contribution is -1.97. The number of halogens is 2. The van der Waals surface area contributed by atoms with Gasteiger partial charge >= 0.3 is 16.4 Å². The van der Waals surface area contributed by atoms with Crippen LogP contribution in [0.15, 0.2) is 36.4 Å². The SMILES string of the molecule is O=C(O)c1cc(-c2ccc(F)cc2F)ccc1O.O=S(=O)(O)O. The molecule has 0 saturated heterocycles. The molecule has 0 amide bonds. The van der Waals surface area contributed by atoms with Crippen LogP contribution >= 0.6 is 0 Å². The van der Waals surface area contributed by atoms with Crippen molar-refractivity contribution in [3.05, 3.63) is 53.6 Å². The number of rotatable bonds is 2. The number of benzene rings is 2. The van der Waals surface area contributed by atoms with E-state index in [1.165, 1.54) is 12.1 Å². The van der Waals surface area contributed by atoms with Crippen molar-refractivity contribution in [2.45, 2.75) is 0 Å². The zero-order chi connectivity index (χ0) is 17.8. The summed E-state index contributed by atoms with van der Waals surface area (Å²) in [6.07, 6.45) is 0. The molecular weight excluding hydrogens is 338 g/mol. The van der Waals surface area contributed by atoms with Gasteiger partial charge < -0.3 is 10.2 Å². The van der Waals surface area contributed by atoms with Crippen LogP contribution in [-0.4, -0.2) is 33.7 Å². The summed E-state index contributed by atoms with van der Waals surface area (Å²) in [6.45, 7) is 0. The van der Waals surface area contributed by atoms with Crippen molar-refractivity contribution < 1.29 is 41.3 Å². The summed E-state index contributed by atoms with van der Waals surface area (Å²) in [7, 11) is -4.67. The molecular formula is C13H10F2O7S. The van der Waals surface area contributed by atoms with Gasteiger partial charge in [-0.1, -0.05) is 6.07 Å². The predicted molar refractivity (Wildman–Crippen MR) is 74.6 cm³/mol. The Bertz CT molecular complexity index is 826. The van der Waals surface area contributed by atoms with Crippen molar-refractivity contribution in [2.75, 3.05) is 0 Å². The summed E-state index contributed by atoms with van der Waals surface area (Å²) in [6, 6.07) is 6.64. The van der Waals surface area contributed by atoms with E-state index in [-0.39, 0.29) is 16.7 Å². The van der Waals surface area contributed by atoms with Crippen LogP contribution in [0.2, 0.25) is 0 Å². The minimum Gasteiger partial charge on any atom is -0.507 e. The fraction of sp³-hybridized carbons (Fsp3) is 0. The molecule has 0 saturated carbocycles. The van der Waals surface area contributed by atoms with Gasteiger partial charge in [-0.2, -0.15) is 8.42 Å². The van der Waals surface area contributed by atoms with Gasteiger partial charge in [0.1, 0.15) is 22.9 Å². The van der Waals surface area contributed by atoms with E-state index in [0.717, 1.165) is 18.2 Å². The molecule has 0 atom stereocenters. The topological polar surface area (TPSA) is 132 Å². The summed E-state index contributed by atoms with van der Waals surface area (Å²) >= 11 is 0. The van der Waals surface area contributed by atoms with Crippen LogP contribution in [0.5, 0.6) is 5.75 Å². The molecule has 10 heteroatoms. The van der Waals surface area contributed by atoms with E-state index in [1.807, 2.05) is 0 Å². The third kappa shape index (κ3) is 5.98. The highest BCUT2D eigenvalue weighted by molar-refractivity contribution is 7.79. The Morgan fingerprint density at radius 1 is 1.00 bits per heavy atom. The Kier molecular flexibility index (Phi) is 5.73. The third-order valence-corrected chi connectivity index (χ3v) is 2.47. The maximum atomic E-state index is 13.5. The van der Waals surface area contributed by atoms with E-state index in [0.29, 0.717) is 6.07 Å². The highest BCUT2D eigenvalue weighted by Gasteiger charge is 2.13. The number of hydrogen-bond donors (Lipinski definition) is 4. The molecule has 2 rings (SSSR count). The molecule has 124 valence electrons. The molecule has 0 aromatic heterocycles. The number of carboxylic acids is 1. The predicted octanol–water partition coefficient (Wildman–Crippen LogP) is 2.38. The molecule has 7 nitrogen and oxygen atoms in total. The van der Waals surface area contributed by atoms with E-state index in [9.17, 15) is 18.7 Å². The van der Waals surface area contributed by atoms with E-state index >= 15 is 0 Å². The van der Waals surface area contributed by atoms with Crippen molar-refractivity contribution in [3.8, 4) is 16.9 Å². The Balaban J connectivity index is 0.000000463. The lowest BCUT2D eigenvalue weighted by atomic mass is 10.0. The van der Waals surface area contributed by atoms with E-state index in [1.54, 1.807) is 0 Å². The van der Waals surface area contributed by atoms with Crippen molar-refractivity contribution in [1.82, 2.24) is 0 Å². The van der Waals surface area contributed by atoms with Crippen LogP contribution in [-0.2, 0) is 10.4 Å². The van der Waals surface area contributed by atoms with Crippen molar-refractivity contribution in [2.24, 2.45) is 0 Å². The average molecular weight is 348 g/mol. The lowest BCUT2D eigenvalue weighted by molar-refractivity contribution is 0.0693. The quantitative estimate of drug-likeness (QED) is 0.613. The number of aromatic carboxylic acids is 1. The molecule has 0 heterocycles. The van der Waals surface area contributed by atoms with Gasteiger partial charge in [-0.15, -0.1) is 0 Å². The number of carbonyl (C=O) groups is 1. The van der Waals surface area contributed by atoms with Gasteiger partial charge in [0.25, 0.3) is 0 Å². The number of carboxylic acid groups (broad SMARTS) is 1. The maximum Gasteiger partial charge on any atom is 0.394 e. The second-order valence-electron chi connectivity index (χ2n) is 4.11. The molecule has 0 aliphatic heterocycles. The zero-order valence-electron chi connectivity index (χ0n) is 11.1. The first-order valence-corrected chi connectivity index (χ1v) is 7.10. The molecule has 0 fully saturated rings. The normalized spacial score (nSPS) is 10.6. The van der Waals surface area contributed by atoms with Crippen LogP contribution in [0, 0.1) is 11.6 Å². The van der Waals surface area contributed by atoms with Gasteiger partial charge in [-0.3, -0.25) is 9.11 Å². The summed E-state index contributed by atoms with van der Waals surface area (Å²) in [4.78, 5) is 10.8. The van der Waals surface area contributed by atoms with Gasteiger partial charge in [-0.05, 0) is 29.8 Å². The first kappa shape index (κ1) is 18.5. The van der Waals surface area contributed by atoms with Gasteiger partial charge in [-0.25, -0.2) is 13.6 Å². The van der Waals surface area contributed by atoms with Crippen molar-refractivity contribution in [1.29, 1.82) is 0 Å². The second-order valence-corrected chi connectivity index (χ2v) is 5.00. The standard InChI is InChI=1S/C13H8F2O3.H2O4S/c14-8-2-3-9(11(15)6-8)7-1-4-12(16)10(5-7)13(17)18;1-5(2,3)4/h1-6,16H,(H,17,18);(H2,1,2,3,4). The molecule has 4 N–H and O–H groups in total. The van der Waals surface area contributed by atoms with Crippen molar-refractivity contribution >= 4 is 16.4 Å². The highest BCUT2D eigenvalue weighted by Crippen LogP contribution is 2.28. The Morgan fingerprint density at radius 2 is 1.57 bits per heavy atom. The van der Waals surface area contributed by atoms with Crippen LogP contribution in [0.4, 0.5) is 8.78 Å². The average Bonchev–Trinajstić information content (AvgIpc) is 2.37. The highest BCUT2D eigenvalue weighted by atomic mass is 32.3. The fourth-order valence-corrected chi connectivity index (χ4v) is 1.60. The largest absolute Gasteiger partial charge is 0.507 e. The minimum absolute atomic E-state index is 0.0684. The molecule has 0 unspecified atom stereocenters. The summed E-state index contributed by atoms with van der Waals surface area (Å²) < 4.78 is 57.9. The third-order valence-electron chi connectivity index (χ3n) is 2.47. The van der Waals surface area contributed by atoms with Crippen LogP contribution in [0.1, 0.15) is 10.4 Å². The van der Waals surface area contributed by atoms with Crippen LogP contribution in [0.25, 0.3) is 11.1 Å². The second kappa shape index (κ2) is 7.13. The first-order chi connectivity index (χ1) is 10.5. The molecule has 0 aliphatic carbocycles. The van der Waals surface area contributed by atoms with E-state index < -0.39 is 33.8 Å². The molecule has 2 aromatic rings. The number of phenols is 1. The van der Waals surface area contributed by atoms with Gasteiger partial charge in [0.2, 0.25) is 0 Å². The van der Waals surface area contributed by atoms with Gasteiger partial charge in [0, 0.05) is 11.6 Å². The van der Waals surface area contributed by atoms with Gasteiger partial charge in [0.05, 0.1) is 0 Å². The lowest BCUT2D eigenvalue weighted by Gasteiger charge is -2.06. The number of aromatic hydroxyl groups is 1. The molecule has 0 bridgehead atoms. The fourth-order valence-electron chi connectivity index (χ4n) is 1.60. The Hall–Kier alpha value is -2.56. The summed E-state index contributed by atoms with van der Waals surface area (Å²) in [5, 5.41) is 18.2. The molecule has 23 heavy (non-hydrogen) atoms. The zero-order valence-corrected chi connectivity index (χ0v) is 12.0. The first-order valence-electron chi connectivity index (χ1n) is 5.70. The summed E-state index contributed by atoms with van der Waals surface area (Å²) in [5.74, 6) is -3.24. The van der Waals surface area contributed by atoms with Gasteiger partial charge in [0.15, 0.2) is 0 Å². The smallest absolute Gasteiger partial charge is 0.394 e. The molecule has 0 aliphatic rings. The Morgan fingerprint density at radius 3 is 2.04 bits per heavy atom. The Labute approximate surface area is 129 Å².